The van der Waals surface area contributed by atoms with Crippen LogP contribution in [-0.4, -0.2) is 41.7 Å². The number of esters is 1. The Morgan fingerprint density at radius 2 is 1.45 bits per heavy atom. The van der Waals surface area contributed by atoms with Crippen LogP contribution in [0.3, 0.4) is 0 Å². The van der Waals surface area contributed by atoms with E-state index in [1.165, 1.54) is 83.5 Å². The first-order chi connectivity index (χ1) is 15.8. The molecule has 1 saturated heterocycles. The smallest absolute Gasteiger partial charge is 0.347 e. The second-order valence-electron chi connectivity index (χ2n) is 9.99. The Balaban J connectivity index is 1.52. The number of halogens is 2. The summed E-state index contributed by atoms with van der Waals surface area (Å²) in [5.74, 6) is -0.457. The molecule has 1 aliphatic carbocycles. The van der Waals surface area contributed by atoms with Gasteiger partial charge in [0.15, 0.2) is 0 Å². The maximum atomic E-state index is 12.9. The molecule has 6 heteroatoms. The van der Waals surface area contributed by atoms with Gasteiger partial charge in [-0.25, -0.2) is 4.79 Å². The van der Waals surface area contributed by atoms with Gasteiger partial charge >= 0.3 is 5.97 Å². The Bertz CT molecular complexity index is 678. The summed E-state index contributed by atoms with van der Waals surface area (Å²) in [5, 5.41) is -0.787. The molecule has 0 radical (unpaired) electrons. The average Bonchev–Trinajstić information content (AvgIpc) is 3.39. The van der Waals surface area contributed by atoms with Crippen LogP contribution in [0.4, 0.5) is 0 Å². The molecule has 1 heterocycles. The first-order valence-corrected chi connectivity index (χ1v) is 13.9. The van der Waals surface area contributed by atoms with Crippen LogP contribution in [0.1, 0.15) is 110 Å². The van der Waals surface area contributed by atoms with Gasteiger partial charge in [-0.1, -0.05) is 114 Å². The molecule has 0 bridgehead atoms. The largest absolute Gasteiger partial charge is 0.460 e. The summed E-state index contributed by atoms with van der Waals surface area (Å²) in [6.45, 7) is 4.21. The van der Waals surface area contributed by atoms with E-state index in [1.807, 2.05) is 25.9 Å². The molecule has 0 amide bonds. The third-order valence-corrected chi connectivity index (χ3v) is 7.51. The number of allylic oxidation sites excluding steroid dienone is 2. The molecule has 3 atom stereocenters. The maximum Gasteiger partial charge on any atom is 0.347 e. The molecular weight excluding hydrogens is 457 g/mol. The summed E-state index contributed by atoms with van der Waals surface area (Å²) in [6, 6.07) is 0. The molecule has 0 aromatic carbocycles. The number of carbonyl (C=O) groups excluding carboxylic acids is 1. The molecule has 3 unspecified atom stereocenters. The van der Waals surface area contributed by atoms with Crippen molar-refractivity contribution in [3.8, 4) is 0 Å². The van der Waals surface area contributed by atoms with Crippen molar-refractivity contribution in [2.24, 2.45) is 0 Å². The van der Waals surface area contributed by atoms with Crippen molar-refractivity contribution in [2.75, 3.05) is 14.1 Å². The van der Waals surface area contributed by atoms with Crippen molar-refractivity contribution < 1.29 is 14.3 Å². The molecule has 1 fully saturated rings. The maximum absolute atomic E-state index is 12.9. The lowest BCUT2D eigenvalue weighted by Crippen LogP contribution is -2.39. The summed E-state index contributed by atoms with van der Waals surface area (Å²) in [4.78, 5) is 14.7. The van der Waals surface area contributed by atoms with Gasteiger partial charge in [-0.05, 0) is 31.9 Å². The minimum absolute atomic E-state index is 0.171. The van der Waals surface area contributed by atoms with Crippen molar-refractivity contribution in [1.82, 2.24) is 4.90 Å². The lowest BCUT2D eigenvalue weighted by Gasteiger charge is -2.25. The summed E-state index contributed by atoms with van der Waals surface area (Å²) in [6.07, 6.45) is 22.6. The molecular formula is C27H45Cl2NO3. The Hall–Kier alpha value is -0.710. The van der Waals surface area contributed by atoms with Crippen LogP contribution in [0.15, 0.2) is 22.9 Å². The number of epoxide rings is 1. The molecule has 0 spiro atoms. The summed E-state index contributed by atoms with van der Waals surface area (Å²) >= 11 is 12.8. The van der Waals surface area contributed by atoms with Crippen LogP contribution >= 0.6 is 23.2 Å². The number of alkyl halides is 1. The molecule has 2 aliphatic rings. The van der Waals surface area contributed by atoms with Crippen LogP contribution in [-0.2, 0) is 14.3 Å². The lowest BCUT2D eigenvalue weighted by atomic mass is 9.96. The highest BCUT2D eigenvalue weighted by molar-refractivity contribution is 6.35. The Morgan fingerprint density at radius 3 is 1.94 bits per heavy atom. The normalized spacial score (nSPS) is 24.5. The van der Waals surface area contributed by atoms with E-state index in [9.17, 15) is 4.79 Å². The van der Waals surface area contributed by atoms with E-state index in [4.69, 9.17) is 32.7 Å². The van der Waals surface area contributed by atoms with Crippen molar-refractivity contribution in [1.29, 1.82) is 0 Å². The monoisotopic (exact) mass is 501 g/mol. The number of ether oxygens (including phenoxy) is 2. The van der Waals surface area contributed by atoms with E-state index >= 15 is 0 Å². The van der Waals surface area contributed by atoms with Gasteiger partial charge in [0.2, 0.25) is 10.7 Å². The molecule has 0 saturated carbocycles. The highest BCUT2D eigenvalue weighted by Crippen LogP contribution is 2.61. The van der Waals surface area contributed by atoms with Crippen LogP contribution < -0.4 is 0 Å². The van der Waals surface area contributed by atoms with E-state index in [-0.39, 0.29) is 6.10 Å². The Kier molecular flexibility index (Phi) is 12.1. The van der Waals surface area contributed by atoms with Gasteiger partial charge in [-0.2, -0.15) is 0 Å². The zero-order valence-corrected chi connectivity index (χ0v) is 22.8. The van der Waals surface area contributed by atoms with E-state index in [0.29, 0.717) is 10.7 Å². The molecule has 0 aromatic rings. The second kappa shape index (κ2) is 14.0. The fourth-order valence-corrected chi connectivity index (χ4v) is 5.36. The van der Waals surface area contributed by atoms with E-state index in [2.05, 4.69) is 6.92 Å². The molecule has 190 valence electrons. The van der Waals surface area contributed by atoms with Crippen molar-refractivity contribution in [3.05, 3.63) is 22.9 Å². The molecule has 1 aliphatic heterocycles. The van der Waals surface area contributed by atoms with Crippen LogP contribution in [0.5, 0.6) is 0 Å². The van der Waals surface area contributed by atoms with Crippen molar-refractivity contribution >= 4 is 29.2 Å². The number of carbonyl (C=O) groups is 1. The van der Waals surface area contributed by atoms with Gasteiger partial charge in [-0.15, -0.1) is 0 Å². The van der Waals surface area contributed by atoms with Gasteiger partial charge < -0.3 is 14.4 Å². The quantitative estimate of drug-likeness (QED) is 0.0822. The van der Waals surface area contributed by atoms with E-state index < -0.39 is 16.6 Å². The number of hydrogen-bond donors (Lipinski definition) is 0. The van der Waals surface area contributed by atoms with Gasteiger partial charge in [-0.3, -0.25) is 0 Å². The highest BCUT2D eigenvalue weighted by atomic mass is 35.5. The number of nitrogens with zero attached hydrogens (tertiary/aromatic N) is 1. The number of rotatable bonds is 18. The number of likely N-dealkylation sites (N-methyl/N-ethyl adjacent to an activating group) is 1. The predicted molar refractivity (Wildman–Crippen MR) is 139 cm³/mol. The standard InChI is InChI=1S/C27H45Cl2NO3/c1-5-6-7-8-9-10-11-12-13-14-15-16-17-18-19-22(2)32-25(31)26-21-23(28)20-24(30(3)4)27(26,29)33-26/h20-22H,5-19H2,1-4H3. The summed E-state index contributed by atoms with van der Waals surface area (Å²) in [5.41, 5.74) is -0.655. The Morgan fingerprint density at radius 1 is 0.970 bits per heavy atom. The zero-order chi connectivity index (χ0) is 24.3. The minimum atomic E-state index is -1.32. The SMILES string of the molecule is CCCCCCCCCCCCCCCCC(C)OC(=O)C12C=C(Cl)C=C(N(C)C)C1(Cl)O2. The first kappa shape index (κ1) is 28.5. The molecule has 4 nitrogen and oxygen atoms in total. The third kappa shape index (κ3) is 8.18. The molecule has 33 heavy (non-hydrogen) atoms. The fourth-order valence-electron chi connectivity index (χ4n) is 4.62. The third-order valence-electron chi connectivity index (χ3n) is 6.74. The van der Waals surface area contributed by atoms with E-state index in [0.717, 1.165) is 12.8 Å². The number of unbranched alkanes of at least 4 members (excludes halogenated alkanes) is 13. The van der Waals surface area contributed by atoms with Crippen LogP contribution in [0.2, 0.25) is 0 Å². The average molecular weight is 503 g/mol. The topological polar surface area (TPSA) is 42.1 Å². The second-order valence-corrected chi connectivity index (χ2v) is 11.0. The van der Waals surface area contributed by atoms with E-state index in [1.54, 1.807) is 12.2 Å². The van der Waals surface area contributed by atoms with Gasteiger partial charge in [0, 0.05) is 19.1 Å². The fraction of sp³-hybridized carbons (Fsp3) is 0.815. The number of hydrogen-bond acceptors (Lipinski definition) is 4. The molecule has 2 rings (SSSR count). The van der Waals surface area contributed by atoms with Crippen LogP contribution in [0.25, 0.3) is 0 Å². The predicted octanol–water partition coefficient (Wildman–Crippen LogP) is 8.08. The van der Waals surface area contributed by atoms with Gasteiger partial charge in [0.25, 0.3) is 0 Å². The minimum Gasteiger partial charge on any atom is -0.460 e. The zero-order valence-electron chi connectivity index (χ0n) is 21.3. The van der Waals surface area contributed by atoms with Crippen LogP contribution in [0, 0.1) is 0 Å². The van der Waals surface area contributed by atoms with Gasteiger partial charge in [0.1, 0.15) is 0 Å². The molecule has 0 N–H and O–H groups in total. The van der Waals surface area contributed by atoms with Gasteiger partial charge in [0.05, 0.1) is 11.8 Å². The first-order valence-electron chi connectivity index (χ1n) is 13.1. The lowest BCUT2D eigenvalue weighted by molar-refractivity contribution is -0.153. The molecule has 0 aromatic heterocycles. The van der Waals surface area contributed by atoms with Crippen molar-refractivity contribution in [2.45, 2.75) is 127 Å². The highest BCUT2D eigenvalue weighted by Gasteiger charge is 2.78. The Labute approximate surface area is 212 Å². The van der Waals surface area contributed by atoms with Crippen molar-refractivity contribution in [3.63, 3.8) is 0 Å². The summed E-state index contributed by atoms with van der Waals surface area (Å²) < 4.78 is 11.4. The summed E-state index contributed by atoms with van der Waals surface area (Å²) in [7, 11) is 3.70. The number of fused-ring (bicyclic) bond motifs is 1.